The monoisotopic (exact) mass is 304 g/mol. The minimum atomic E-state index is -0.413. The second-order valence-electron chi connectivity index (χ2n) is 5.93. The Balaban J connectivity index is 1.63. The molecule has 0 radical (unpaired) electrons. The largest absolute Gasteiger partial charge is 0.497 e. The fraction of sp³-hybridized carbons (Fsp3) is 0.562. The lowest BCUT2D eigenvalue weighted by Crippen LogP contribution is -2.52. The van der Waals surface area contributed by atoms with Gasteiger partial charge in [-0.05, 0) is 25.1 Å². The number of anilines is 1. The Morgan fingerprint density at radius 3 is 3.05 bits per heavy atom. The van der Waals surface area contributed by atoms with Gasteiger partial charge < -0.3 is 20.5 Å². The SMILES string of the molecule is COc1ccc2c(c1)N(CCN1CC[C@@H](N)[C@@H](O)C1)CC=N2. The molecule has 1 aromatic carbocycles. The van der Waals surface area contributed by atoms with E-state index in [4.69, 9.17) is 10.5 Å². The van der Waals surface area contributed by atoms with E-state index in [1.165, 1.54) is 0 Å². The number of aliphatic hydroxyl groups excluding tert-OH is 1. The van der Waals surface area contributed by atoms with E-state index in [1.54, 1.807) is 7.11 Å². The third-order valence-corrected chi connectivity index (χ3v) is 4.46. The predicted octanol–water partition coefficient (Wildman–Crippen LogP) is 0.611. The average molecular weight is 304 g/mol. The summed E-state index contributed by atoms with van der Waals surface area (Å²) in [5, 5.41) is 9.89. The molecule has 3 N–H and O–H groups in total. The Morgan fingerprint density at radius 2 is 2.27 bits per heavy atom. The highest BCUT2D eigenvalue weighted by atomic mass is 16.5. The molecule has 1 aromatic rings. The summed E-state index contributed by atoms with van der Waals surface area (Å²) in [6.07, 6.45) is 2.38. The summed E-state index contributed by atoms with van der Waals surface area (Å²) in [6.45, 7) is 4.22. The minimum absolute atomic E-state index is 0.0802. The number of aliphatic hydroxyl groups is 1. The van der Waals surface area contributed by atoms with Crippen LogP contribution in [0.1, 0.15) is 6.42 Å². The minimum Gasteiger partial charge on any atom is -0.497 e. The molecule has 0 aromatic heterocycles. The van der Waals surface area contributed by atoms with Crippen LogP contribution in [0, 0.1) is 0 Å². The molecule has 22 heavy (non-hydrogen) atoms. The average Bonchev–Trinajstić information content (AvgIpc) is 2.55. The molecule has 2 aliphatic rings. The number of likely N-dealkylation sites (tertiary alicyclic amines) is 1. The lowest BCUT2D eigenvalue weighted by molar-refractivity contribution is 0.0550. The Labute approximate surface area is 131 Å². The number of hydrogen-bond acceptors (Lipinski definition) is 6. The van der Waals surface area contributed by atoms with Crippen LogP contribution >= 0.6 is 0 Å². The van der Waals surface area contributed by atoms with Crippen molar-refractivity contribution in [2.45, 2.75) is 18.6 Å². The number of β-amino-alcohol motifs (C(OH)–C–C–N with tert-alkyl or cyclic N) is 1. The first-order chi connectivity index (χ1) is 10.7. The van der Waals surface area contributed by atoms with Crippen molar-refractivity contribution >= 4 is 17.6 Å². The fourth-order valence-corrected chi connectivity index (χ4v) is 3.02. The Kier molecular flexibility index (Phi) is 4.61. The van der Waals surface area contributed by atoms with Gasteiger partial charge in [0.05, 0.1) is 31.1 Å². The summed E-state index contributed by atoms with van der Waals surface area (Å²) >= 11 is 0. The zero-order chi connectivity index (χ0) is 15.5. The smallest absolute Gasteiger partial charge is 0.121 e. The van der Waals surface area contributed by atoms with E-state index in [2.05, 4.69) is 14.8 Å². The molecular weight excluding hydrogens is 280 g/mol. The van der Waals surface area contributed by atoms with Crippen molar-refractivity contribution in [3.05, 3.63) is 18.2 Å². The third-order valence-electron chi connectivity index (χ3n) is 4.46. The van der Waals surface area contributed by atoms with E-state index in [9.17, 15) is 5.11 Å². The van der Waals surface area contributed by atoms with Crippen LogP contribution in [0.5, 0.6) is 5.75 Å². The summed E-state index contributed by atoms with van der Waals surface area (Å²) in [5.41, 5.74) is 7.94. The van der Waals surface area contributed by atoms with Gasteiger partial charge in [0.1, 0.15) is 5.75 Å². The van der Waals surface area contributed by atoms with Crippen LogP contribution in [-0.4, -0.2) is 68.2 Å². The van der Waals surface area contributed by atoms with Crippen LogP contribution in [0.3, 0.4) is 0 Å². The van der Waals surface area contributed by atoms with Crippen LogP contribution in [0.4, 0.5) is 11.4 Å². The molecule has 2 heterocycles. The van der Waals surface area contributed by atoms with Gasteiger partial charge in [-0.3, -0.25) is 9.89 Å². The molecule has 0 spiro atoms. The summed E-state index contributed by atoms with van der Waals surface area (Å²) in [7, 11) is 1.68. The topological polar surface area (TPSA) is 74.3 Å². The summed E-state index contributed by atoms with van der Waals surface area (Å²) in [6, 6.07) is 5.87. The first kappa shape index (κ1) is 15.3. The van der Waals surface area contributed by atoms with E-state index >= 15 is 0 Å². The quantitative estimate of drug-likeness (QED) is 0.852. The van der Waals surface area contributed by atoms with Gasteiger partial charge in [0.2, 0.25) is 0 Å². The number of ether oxygens (including phenoxy) is 1. The van der Waals surface area contributed by atoms with Gasteiger partial charge in [-0.2, -0.15) is 0 Å². The highest BCUT2D eigenvalue weighted by Gasteiger charge is 2.25. The van der Waals surface area contributed by atoms with Gasteiger partial charge in [-0.1, -0.05) is 0 Å². The molecule has 0 amide bonds. The maximum Gasteiger partial charge on any atom is 0.121 e. The number of hydrogen-bond donors (Lipinski definition) is 2. The number of methoxy groups -OCH3 is 1. The molecule has 120 valence electrons. The highest BCUT2D eigenvalue weighted by molar-refractivity contribution is 5.82. The molecule has 0 aliphatic carbocycles. The number of nitrogens with two attached hydrogens (primary N) is 1. The number of rotatable bonds is 4. The highest BCUT2D eigenvalue weighted by Crippen LogP contribution is 2.34. The van der Waals surface area contributed by atoms with Crippen LogP contribution in [0.15, 0.2) is 23.2 Å². The molecular formula is C16H24N4O2. The molecule has 0 unspecified atom stereocenters. The molecule has 1 saturated heterocycles. The summed E-state index contributed by atoms with van der Waals surface area (Å²) < 4.78 is 5.31. The van der Waals surface area contributed by atoms with E-state index < -0.39 is 6.10 Å². The van der Waals surface area contributed by atoms with E-state index in [-0.39, 0.29) is 6.04 Å². The second-order valence-corrected chi connectivity index (χ2v) is 5.93. The molecule has 0 saturated carbocycles. The molecule has 1 fully saturated rings. The van der Waals surface area contributed by atoms with E-state index in [0.29, 0.717) is 6.54 Å². The molecule has 6 nitrogen and oxygen atoms in total. The maximum atomic E-state index is 9.89. The number of piperidine rings is 1. The van der Waals surface area contributed by atoms with Crippen molar-refractivity contribution in [3.63, 3.8) is 0 Å². The summed E-state index contributed by atoms with van der Waals surface area (Å²) in [5.74, 6) is 0.847. The van der Waals surface area contributed by atoms with Crippen molar-refractivity contribution in [1.82, 2.24) is 4.90 Å². The number of nitrogens with zero attached hydrogens (tertiary/aromatic N) is 3. The molecule has 6 heteroatoms. The van der Waals surface area contributed by atoms with Crippen molar-refractivity contribution in [1.29, 1.82) is 0 Å². The van der Waals surface area contributed by atoms with Gasteiger partial charge >= 0.3 is 0 Å². The molecule has 2 aliphatic heterocycles. The maximum absolute atomic E-state index is 9.89. The van der Waals surface area contributed by atoms with Gasteiger partial charge in [0.25, 0.3) is 0 Å². The number of fused-ring (bicyclic) bond motifs is 1. The Bertz CT molecular complexity index is 549. The number of aliphatic imine (C=N–C) groups is 1. The number of benzene rings is 1. The van der Waals surface area contributed by atoms with Gasteiger partial charge in [-0.25, -0.2) is 0 Å². The van der Waals surface area contributed by atoms with Crippen LogP contribution in [0.25, 0.3) is 0 Å². The Hall–Kier alpha value is -1.63. The van der Waals surface area contributed by atoms with E-state index in [1.807, 2.05) is 24.4 Å². The first-order valence-electron chi connectivity index (χ1n) is 7.79. The first-order valence-corrected chi connectivity index (χ1v) is 7.79. The normalized spacial score (nSPS) is 25.1. The Morgan fingerprint density at radius 1 is 1.41 bits per heavy atom. The second kappa shape index (κ2) is 6.64. The lowest BCUT2D eigenvalue weighted by atomic mass is 10.0. The van der Waals surface area contributed by atoms with Gasteiger partial charge in [0, 0.05) is 38.0 Å². The van der Waals surface area contributed by atoms with Gasteiger partial charge in [-0.15, -0.1) is 0 Å². The van der Waals surface area contributed by atoms with Crippen LogP contribution in [0.2, 0.25) is 0 Å². The molecule has 2 atom stereocenters. The van der Waals surface area contributed by atoms with Crippen LogP contribution in [-0.2, 0) is 0 Å². The van der Waals surface area contributed by atoms with Crippen molar-refractivity contribution < 1.29 is 9.84 Å². The third kappa shape index (κ3) is 3.24. The fourth-order valence-electron chi connectivity index (χ4n) is 3.02. The van der Waals surface area contributed by atoms with Crippen LogP contribution < -0.4 is 15.4 Å². The van der Waals surface area contributed by atoms with Gasteiger partial charge in [0.15, 0.2) is 0 Å². The lowest BCUT2D eigenvalue weighted by Gasteiger charge is -2.36. The zero-order valence-corrected chi connectivity index (χ0v) is 13.0. The zero-order valence-electron chi connectivity index (χ0n) is 13.0. The molecule has 0 bridgehead atoms. The van der Waals surface area contributed by atoms with Crippen molar-refractivity contribution in [2.24, 2.45) is 10.7 Å². The van der Waals surface area contributed by atoms with Crippen molar-refractivity contribution in [3.8, 4) is 5.75 Å². The predicted molar refractivity (Wildman–Crippen MR) is 88.4 cm³/mol. The van der Waals surface area contributed by atoms with Crippen molar-refractivity contribution in [2.75, 3.05) is 44.7 Å². The molecule has 3 rings (SSSR count). The van der Waals surface area contributed by atoms with E-state index in [0.717, 1.165) is 49.7 Å². The standard InChI is InChI=1S/C16H24N4O2/c1-22-12-2-3-14-15(10-12)20(7-5-18-14)9-8-19-6-4-13(17)16(21)11-19/h2-3,5,10,13,16,21H,4,6-9,11,17H2,1H3/t13-,16+/m1/s1. The summed E-state index contributed by atoms with van der Waals surface area (Å²) in [4.78, 5) is 9.02.